The SMILES string of the molecule is CC(C)[C@](C)(C#N)NC(=O)COC(=O)[C@H](C)NS(=O)(=O)c1ccc(F)cc1. The van der Waals surface area contributed by atoms with E-state index in [2.05, 4.69) is 10.0 Å². The van der Waals surface area contributed by atoms with E-state index in [1.165, 1.54) is 13.8 Å². The van der Waals surface area contributed by atoms with Crippen molar-refractivity contribution in [3.63, 3.8) is 0 Å². The molecule has 0 aromatic heterocycles. The van der Waals surface area contributed by atoms with Gasteiger partial charge in [-0.1, -0.05) is 13.8 Å². The molecule has 0 aliphatic heterocycles. The van der Waals surface area contributed by atoms with E-state index in [1.54, 1.807) is 13.8 Å². The fraction of sp³-hybridized carbons (Fsp3) is 0.471. The molecule has 148 valence electrons. The van der Waals surface area contributed by atoms with Crippen molar-refractivity contribution in [1.82, 2.24) is 10.0 Å². The van der Waals surface area contributed by atoms with Crippen LogP contribution in [0.15, 0.2) is 29.2 Å². The molecular formula is C17H22FN3O5S. The fourth-order valence-corrected chi connectivity index (χ4v) is 3.04. The molecule has 1 aromatic rings. The fourth-order valence-electron chi connectivity index (χ4n) is 1.85. The smallest absolute Gasteiger partial charge is 0.324 e. The van der Waals surface area contributed by atoms with E-state index in [0.717, 1.165) is 24.3 Å². The van der Waals surface area contributed by atoms with Crippen LogP contribution in [0.1, 0.15) is 27.7 Å². The predicted molar refractivity (Wildman–Crippen MR) is 94.1 cm³/mol. The molecular weight excluding hydrogens is 377 g/mol. The van der Waals surface area contributed by atoms with Gasteiger partial charge in [0.1, 0.15) is 17.4 Å². The summed E-state index contributed by atoms with van der Waals surface area (Å²) in [6.45, 7) is 5.63. The molecule has 2 atom stereocenters. The number of amides is 1. The van der Waals surface area contributed by atoms with Crippen molar-refractivity contribution in [1.29, 1.82) is 5.26 Å². The third-order valence-corrected chi connectivity index (χ3v) is 5.50. The van der Waals surface area contributed by atoms with Crippen LogP contribution in [0.5, 0.6) is 0 Å². The van der Waals surface area contributed by atoms with E-state index in [0.29, 0.717) is 0 Å². The van der Waals surface area contributed by atoms with Gasteiger partial charge in [0.05, 0.1) is 11.0 Å². The van der Waals surface area contributed by atoms with Gasteiger partial charge in [-0.25, -0.2) is 12.8 Å². The minimum absolute atomic E-state index is 0.177. The highest BCUT2D eigenvalue weighted by Crippen LogP contribution is 2.15. The highest BCUT2D eigenvalue weighted by atomic mass is 32.2. The standard InChI is InChI=1S/C17H22FN3O5S/c1-11(2)17(4,10-19)20-15(22)9-26-16(23)12(3)21-27(24,25)14-7-5-13(18)6-8-14/h5-8,11-12,21H,9H2,1-4H3,(H,20,22)/t12-,17-/m0/s1. The number of sulfonamides is 1. The van der Waals surface area contributed by atoms with E-state index in [9.17, 15) is 22.4 Å². The second-order valence-electron chi connectivity index (χ2n) is 6.42. The summed E-state index contributed by atoms with van der Waals surface area (Å²) in [7, 11) is -4.06. The van der Waals surface area contributed by atoms with Gasteiger partial charge in [0.15, 0.2) is 6.61 Å². The van der Waals surface area contributed by atoms with Gasteiger partial charge in [0.2, 0.25) is 10.0 Å². The number of rotatable bonds is 8. The van der Waals surface area contributed by atoms with E-state index in [-0.39, 0.29) is 10.8 Å². The predicted octanol–water partition coefficient (Wildman–Crippen LogP) is 1.09. The van der Waals surface area contributed by atoms with Crippen molar-refractivity contribution in [3.8, 4) is 6.07 Å². The summed E-state index contributed by atoms with van der Waals surface area (Å²) in [5.41, 5.74) is -1.13. The lowest BCUT2D eigenvalue weighted by Crippen LogP contribution is -2.50. The van der Waals surface area contributed by atoms with E-state index in [4.69, 9.17) is 10.00 Å². The number of carbonyl (C=O) groups is 2. The zero-order chi connectivity index (χ0) is 20.8. The third kappa shape index (κ3) is 6.30. The van der Waals surface area contributed by atoms with Crippen LogP contribution < -0.4 is 10.0 Å². The van der Waals surface area contributed by atoms with Crippen molar-refractivity contribution in [2.24, 2.45) is 5.92 Å². The topological polar surface area (TPSA) is 125 Å². The van der Waals surface area contributed by atoms with Crippen LogP contribution in [0.25, 0.3) is 0 Å². The monoisotopic (exact) mass is 399 g/mol. The third-order valence-electron chi connectivity index (χ3n) is 3.94. The summed E-state index contributed by atoms with van der Waals surface area (Å²) in [6, 6.07) is 4.76. The van der Waals surface area contributed by atoms with Gasteiger partial charge in [0, 0.05) is 0 Å². The van der Waals surface area contributed by atoms with Crippen molar-refractivity contribution in [3.05, 3.63) is 30.1 Å². The Hall–Kier alpha value is -2.51. The van der Waals surface area contributed by atoms with Crippen molar-refractivity contribution < 1.29 is 27.1 Å². The van der Waals surface area contributed by atoms with Crippen molar-refractivity contribution >= 4 is 21.9 Å². The Bertz CT molecular complexity index is 833. The first-order valence-electron chi connectivity index (χ1n) is 8.08. The Balaban J connectivity index is 2.63. The number of ether oxygens (including phenoxy) is 1. The molecule has 0 aliphatic rings. The van der Waals surface area contributed by atoms with Gasteiger partial charge >= 0.3 is 5.97 Å². The highest BCUT2D eigenvalue weighted by Gasteiger charge is 2.30. The van der Waals surface area contributed by atoms with Gasteiger partial charge < -0.3 is 10.1 Å². The van der Waals surface area contributed by atoms with E-state index < -0.39 is 45.9 Å². The summed E-state index contributed by atoms with van der Waals surface area (Å²) < 4.78 is 44.0. The molecule has 0 aliphatic carbocycles. The number of nitriles is 1. The molecule has 8 nitrogen and oxygen atoms in total. The summed E-state index contributed by atoms with van der Waals surface area (Å²) in [5, 5.41) is 11.6. The molecule has 0 radical (unpaired) electrons. The average Bonchev–Trinajstić information content (AvgIpc) is 2.59. The van der Waals surface area contributed by atoms with Crippen molar-refractivity contribution in [2.45, 2.75) is 44.2 Å². The second-order valence-corrected chi connectivity index (χ2v) is 8.14. The van der Waals surface area contributed by atoms with Crippen molar-refractivity contribution in [2.75, 3.05) is 6.61 Å². The summed E-state index contributed by atoms with van der Waals surface area (Å²) >= 11 is 0. The zero-order valence-corrected chi connectivity index (χ0v) is 16.3. The molecule has 0 saturated carbocycles. The average molecular weight is 399 g/mol. The Morgan fingerprint density at radius 3 is 2.30 bits per heavy atom. The Kier molecular flexibility index (Phi) is 7.45. The maximum Gasteiger partial charge on any atom is 0.324 e. The van der Waals surface area contributed by atoms with Crippen LogP contribution in [-0.2, 0) is 24.3 Å². The molecule has 0 spiro atoms. The molecule has 1 amide bonds. The van der Waals surface area contributed by atoms with Crippen LogP contribution in [0.3, 0.4) is 0 Å². The van der Waals surface area contributed by atoms with Gasteiger partial charge in [-0.2, -0.15) is 9.98 Å². The lowest BCUT2D eigenvalue weighted by Gasteiger charge is -2.27. The molecule has 27 heavy (non-hydrogen) atoms. The number of hydrogen-bond donors (Lipinski definition) is 2. The minimum atomic E-state index is -4.06. The van der Waals surface area contributed by atoms with E-state index >= 15 is 0 Å². The van der Waals surface area contributed by atoms with Gasteiger partial charge in [-0.05, 0) is 44.0 Å². The molecule has 0 bridgehead atoms. The molecule has 0 fully saturated rings. The first-order valence-corrected chi connectivity index (χ1v) is 9.56. The molecule has 0 saturated heterocycles. The summed E-state index contributed by atoms with van der Waals surface area (Å²) in [4.78, 5) is 23.6. The van der Waals surface area contributed by atoms with Crippen LogP contribution in [0, 0.1) is 23.1 Å². The second kappa shape index (κ2) is 8.92. The minimum Gasteiger partial charge on any atom is -0.454 e. The Labute approximate surface area is 157 Å². The quantitative estimate of drug-likeness (QED) is 0.631. The van der Waals surface area contributed by atoms with Crippen LogP contribution >= 0.6 is 0 Å². The zero-order valence-electron chi connectivity index (χ0n) is 15.4. The number of benzene rings is 1. The first-order chi connectivity index (χ1) is 12.4. The molecule has 1 aromatic carbocycles. The lowest BCUT2D eigenvalue weighted by atomic mass is 9.90. The van der Waals surface area contributed by atoms with Gasteiger partial charge in [-0.15, -0.1) is 0 Å². The highest BCUT2D eigenvalue weighted by molar-refractivity contribution is 7.89. The lowest BCUT2D eigenvalue weighted by molar-refractivity contribution is -0.150. The Morgan fingerprint density at radius 1 is 1.26 bits per heavy atom. The Morgan fingerprint density at radius 2 is 1.81 bits per heavy atom. The number of nitrogens with zero attached hydrogens (tertiary/aromatic N) is 1. The molecule has 10 heteroatoms. The van der Waals surface area contributed by atoms with Crippen LogP contribution in [-0.4, -0.2) is 38.5 Å². The number of hydrogen-bond acceptors (Lipinski definition) is 6. The molecule has 1 rings (SSSR count). The maximum atomic E-state index is 12.9. The maximum absolute atomic E-state index is 12.9. The largest absolute Gasteiger partial charge is 0.454 e. The molecule has 2 N–H and O–H groups in total. The normalized spacial score (nSPS) is 14.7. The summed E-state index contributed by atoms with van der Waals surface area (Å²) in [6.07, 6.45) is 0. The molecule has 0 heterocycles. The van der Waals surface area contributed by atoms with Gasteiger partial charge in [-0.3, -0.25) is 9.59 Å². The number of halogens is 1. The van der Waals surface area contributed by atoms with E-state index in [1.807, 2.05) is 6.07 Å². The molecule has 0 unspecified atom stereocenters. The van der Waals surface area contributed by atoms with Gasteiger partial charge in [0.25, 0.3) is 5.91 Å². The summed E-state index contributed by atoms with van der Waals surface area (Å²) in [5.74, 6) is -2.43. The number of esters is 1. The van der Waals surface area contributed by atoms with Crippen LogP contribution in [0.4, 0.5) is 4.39 Å². The number of nitrogens with one attached hydrogen (secondary N) is 2. The first kappa shape index (κ1) is 22.5. The van der Waals surface area contributed by atoms with Crippen LogP contribution in [0.2, 0.25) is 0 Å². The number of carbonyl (C=O) groups excluding carboxylic acids is 2.